The smallest absolute Gasteiger partial charge is 0.251 e. The van der Waals surface area contributed by atoms with Gasteiger partial charge in [0.25, 0.3) is 5.91 Å². The normalized spacial score (nSPS) is 16.8. The number of β-amino-alcohol motifs (C(OH)–C–C–N with tert-alkyl or cyclic N) is 1. The van der Waals surface area contributed by atoms with Crippen LogP contribution < -0.4 is 16.4 Å². The standard InChI is InChI=1S/C28H31FN4O3/c29-23-12-10-20(11-13-23)21-6-4-7-22(16-21)27(35)32-25-9-1-2-14-33(28(25)36)18-26(34)31-24-8-3-5-19(15-24)17-30/h3-8,10-13,15-16,25-26,31,34H,1-2,9,14,17-18,30H2,(H,32,35). The van der Waals surface area contributed by atoms with E-state index in [0.29, 0.717) is 25.1 Å². The Morgan fingerprint density at radius 1 is 1.06 bits per heavy atom. The number of halogens is 1. The van der Waals surface area contributed by atoms with Crippen molar-refractivity contribution < 1.29 is 19.1 Å². The highest BCUT2D eigenvalue weighted by atomic mass is 19.1. The Bertz CT molecular complexity index is 1200. The molecule has 188 valence electrons. The van der Waals surface area contributed by atoms with Crippen molar-refractivity contribution in [2.75, 3.05) is 18.4 Å². The molecule has 3 aromatic rings. The van der Waals surface area contributed by atoms with Crippen molar-refractivity contribution in [2.45, 2.75) is 38.1 Å². The second-order valence-electron chi connectivity index (χ2n) is 8.96. The van der Waals surface area contributed by atoms with Gasteiger partial charge >= 0.3 is 0 Å². The number of rotatable bonds is 8. The fourth-order valence-electron chi connectivity index (χ4n) is 4.38. The number of hydrogen-bond acceptors (Lipinski definition) is 5. The number of aliphatic hydroxyl groups is 1. The van der Waals surface area contributed by atoms with Crippen LogP contribution in [0, 0.1) is 5.82 Å². The quantitative estimate of drug-likeness (QED) is 0.362. The van der Waals surface area contributed by atoms with Crippen LogP contribution >= 0.6 is 0 Å². The minimum atomic E-state index is -0.969. The van der Waals surface area contributed by atoms with Crippen LogP contribution in [0.25, 0.3) is 11.1 Å². The van der Waals surface area contributed by atoms with Crippen molar-refractivity contribution >= 4 is 17.5 Å². The molecule has 0 bridgehead atoms. The maximum Gasteiger partial charge on any atom is 0.251 e. The van der Waals surface area contributed by atoms with Crippen molar-refractivity contribution in [3.63, 3.8) is 0 Å². The molecule has 0 aromatic heterocycles. The van der Waals surface area contributed by atoms with Gasteiger partial charge in [0.1, 0.15) is 18.1 Å². The molecule has 2 amide bonds. The maximum atomic E-state index is 13.3. The van der Waals surface area contributed by atoms with Gasteiger partial charge in [-0.2, -0.15) is 0 Å². The fourth-order valence-corrected chi connectivity index (χ4v) is 4.38. The minimum Gasteiger partial charge on any atom is -0.372 e. The molecular weight excluding hydrogens is 459 g/mol. The zero-order valence-electron chi connectivity index (χ0n) is 20.0. The number of anilines is 1. The topological polar surface area (TPSA) is 108 Å². The first kappa shape index (κ1) is 25.3. The zero-order chi connectivity index (χ0) is 25.5. The first-order valence-electron chi connectivity index (χ1n) is 12.1. The predicted molar refractivity (Wildman–Crippen MR) is 137 cm³/mol. The summed E-state index contributed by atoms with van der Waals surface area (Å²) < 4.78 is 13.3. The van der Waals surface area contributed by atoms with E-state index < -0.39 is 12.3 Å². The van der Waals surface area contributed by atoms with E-state index in [9.17, 15) is 19.1 Å². The van der Waals surface area contributed by atoms with E-state index in [2.05, 4.69) is 10.6 Å². The van der Waals surface area contributed by atoms with Gasteiger partial charge in [-0.25, -0.2) is 4.39 Å². The number of carbonyl (C=O) groups excluding carboxylic acids is 2. The van der Waals surface area contributed by atoms with Crippen LogP contribution in [0.2, 0.25) is 0 Å². The highest BCUT2D eigenvalue weighted by Gasteiger charge is 2.29. The first-order chi connectivity index (χ1) is 17.4. The summed E-state index contributed by atoms with van der Waals surface area (Å²) in [5, 5.41) is 16.5. The van der Waals surface area contributed by atoms with Gasteiger partial charge < -0.3 is 26.4 Å². The average molecular weight is 491 g/mol. The number of nitrogens with zero attached hydrogens (tertiary/aromatic N) is 1. The third kappa shape index (κ3) is 6.47. The first-order valence-corrected chi connectivity index (χ1v) is 12.1. The molecule has 1 saturated heterocycles. The van der Waals surface area contributed by atoms with Gasteiger partial charge in [-0.1, -0.05) is 36.4 Å². The molecule has 0 spiro atoms. The maximum absolute atomic E-state index is 13.3. The fraction of sp³-hybridized carbons (Fsp3) is 0.286. The Hall–Kier alpha value is -3.75. The lowest BCUT2D eigenvalue weighted by atomic mass is 10.0. The molecule has 0 saturated carbocycles. The van der Waals surface area contributed by atoms with Crippen molar-refractivity contribution in [2.24, 2.45) is 5.73 Å². The van der Waals surface area contributed by atoms with Gasteiger partial charge in [0.05, 0.1) is 6.54 Å². The third-order valence-electron chi connectivity index (χ3n) is 6.28. The molecule has 36 heavy (non-hydrogen) atoms. The van der Waals surface area contributed by atoms with Crippen LogP contribution in [0.1, 0.15) is 35.2 Å². The van der Waals surface area contributed by atoms with Crippen LogP contribution in [-0.4, -0.2) is 47.2 Å². The number of benzene rings is 3. The Morgan fingerprint density at radius 2 is 1.83 bits per heavy atom. The van der Waals surface area contributed by atoms with Gasteiger partial charge in [-0.3, -0.25) is 9.59 Å². The molecule has 7 nitrogen and oxygen atoms in total. The molecule has 0 aliphatic carbocycles. The van der Waals surface area contributed by atoms with Crippen LogP contribution in [0.4, 0.5) is 10.1 Å². The van der Waals surface area contributed by atoms with E-state index in [4.69, 9.17) is 5.73 Å². The van der Waals surface area contributed by atoms with Crippen molar-refractivity contribution in [1.82, 2.24) is 10.2 Å². The van der Waals surface area contributed by atoms with Gasteiger partial charge in [0, 0.05) is 24.3 Å². The molecule has 2 unspecified atom stereocenters. The molecule has 4 rings (SSSR count). The molecule has 3 aromatic carbocycles. The summed E-state index contributed by atoms with van der Waals surface area (Å²) in [5.41, 5.74) is 9.33. The van der Waals surface area contributed by atoms with Gasteiger partial charge in [-0.15, -0.1) is 0 Å². The van der Waals surface area contributed by atoms with E-state index >= 15 is 0 Å². The highest BCUT2D eigenvalue weighted by Crippen LogP contribution is 2.21. The number of nitrogens with two attached hydrogens (primary N) is 1. The predicted octanol–water partition coefficient (Wildman–Crippen LogP) is 3.49. The highest BCUT2D eigenvalue weighted by molar-refractivity contribution is 5.98. The lowest BCUT2D eigenvalue weighted by Crippen LogP contribution is -2.50. The van der Waals surface area contributed by atoms with Crippen LogP contribution in [0.3, 0.4) is 0 Å². The van der Waals surface area contributed by atoms with Crippen LogP contribution in [0.5, 0.6) is 0 Å². The second-order valence-corrected chi connectivity index (χ2v) is 8.96. The summed E-state index contributed by atoms with van der Waals surface area (Å²) >= 11 is 0. The number of likely N-dealkylation sites (tertiary alicyclic amines) is 1. The largest absolute Gasteiger partial charge is 0.372 e. The van der Waals surface area contributed by atoms with Crippen LogP contribution in [-0.2, 0) is 11.3 Å². The Labute approximate surface area is 210 Å². The van der Waals surface area contributed by atoms with Gasteiger partial charge in [0.2, 0.25) is 5.91 Å². The molecule has 1 aliphatic rings. The number of nitrogens with one attached hydrogen (secondary N) is 2. The van der Waals surface area contributed by atoms with E-state index in [-0.39, 0.29) is 24.2 Å². The van der Waals surface area contributed by atoms with E-state index in [0.717, 1.165) is 35.2 Å². The van der Waals surface area contributed by atoms with Crippen molar-refractivity contribution in [3.05, 3.63) is 89.7 Å². The number of aliphatic hydroxyl groups excluding tert-OH is 1. The molecular formula is C28H31FN4O3. The molecule has 1 fully saturated rings. The summed E-state index contributed by atoms with van der Waals surface area (Å²) in [6, 6.07) is 19.8. The van der Waals surface area contributed by atoms with E-state index in [1.165, 1.54) is 12.1 Å². The summed E-state index contributed by atoms with van der Waals surface area (Å²) in [6.07, 6.45) is 1.13. The Balaban J connectivity index is 1.40. The summed E-state index contributed by atoms with van der Waals surface area (Å²) in [7, 11) is 0. The molecule has 0 radical (unpaired) electrons. The number of carbonyl (C=O) groups is 2. The number of amides is 2. The SMILES string of the molecule is NCc1cccc(NC(O)CN2CCCCC(NC(=O)c3cccc(-c4ccc(F)cc4)c3)C2=O)c1. The molecule has 2 atom stereocenters. The monoisotopic (exact) mass is 490 g/mol. The number of hydrogen-bond donors (Lipinski definition) is 4. The van der Waals surface area contributed by atoms with Crippen LogP contribution in [0.15, 0.2) is 72.8 Å². The van der Waals surface area contributed by atoms with Crippen molar-refractivity contribution in [3.8, 4) is 11.1 Å². The molecule has 1 heterocycles. The summed E-state index contributed by atoms with van der Waals surface area (Å²) in [5.74, 6) is -0.892. The molecule has 8 heteroatoms. The summed E-state index contributed by atoms with van der Waals surface area (Å²) in [6.45, 7) is 0.995. The van der Waals surface area contributed by atoms with Gasteiger partial charge in [-0.05, 0) is 72.4 Å². The summed E-state index contributed by atoms with van der Waals surface area (Å²) in [4.78, 5) is 27.9. The second kappa shape index (κ2) is 11.8. The lowest BCUT2D eigenvalue weighted by molar-refractivity contribution is -0.133. The van der Waals surface area contributed by atoms with Gasteiger partial charge in [0.15, 0.2) is 0 Å². The third-order valence-corrected chi connectivity index (χ3v) is 6.28. The molecule has 5 N–H and O–H groups in total. The minimum absolute atomic E-state index is 0.0953. The van der Waals surface area contributed by atoms with E-state index in [1.54, 1.807) is 35.2 Å². The zero-order valence-corrected chi connectivity index (χ0v) is 20.0. The Morgan fingerprint density at radius 3 is 2.61 bits per heavy atom. The van der Waals surface area contributed by atoms with Crippen molar-refractivity contribution in [1.29, 1.82) is 0 Å². The van der Waals surface area contributed by atoms with E-state index in [1.807, 2.05) is 30.3 Å². The Kier molecular flexibility index (Phi) is 8.30. The average Bonchev–Trinajstić information content (AvgIpc) is 3.05. The molecule has 1 aliphatic heterocycles. The lowest BCUT2D eigenvalue weighted by Gasteiger charge is -2.27.